The van der Waals surface area contributed by atoms with Gasteiger partial charge in [0.15, 0.2) is 0 Å². The molecule has 0 saturated carbocycles. The Hall–Kier alpha value is -1.25. The van der Waals surface area contributed by atoms with E-state index in [9.17, 15) is 0 Å². The van der Waals surface area contributed by atoms with Gasteiger partial charge in [0, 0.05) is 5.56 Å². The molecule has 1 N–H and O–H groups in total. The van der Waals surface area contributed by atoms with Gasteiger partial charge in [-0.2, -0.15) is 0 Å². The summed E-state index contributed by atoms with van der Waals surface area (Å²) in [6, 6.07) is 12.2. The molecule has 1 atom stereocenters. The summed E-state index contributed by atoms with van der Waals surface area (Å²) in [6.07, 6.45) is 3.67. The van der Waals surface area contributed by atoms with Crippen molar-refractivity contribution in [2.75, 3.05) is 6.54 Å². The van der Waals surface area contributed by atoms with Crippen molar-refractivity contribution in [1.29, 1.82) is 0 Å². The predicted octanol–water partition coefficient (Wildman–Crippen LogP) is 4.41. The quantitative estimate of drug-likeness (QED) is 0.866. The fourth-order valence-electron chi connectivity index (χ4n) is 2.44. The van der Waals surface area contributed by atoms with Gasteiger partial charge in [-0.15, -0.1) is 0 Å². The van der Waals surface area contributed by atoms with Crippen LogP contribution in [-0.2, 0) is 0 Å². The second-order valence-corrected chi connectivity index (χ2v) is 5.09. The van der Waals surface area contributed by atoms with Crippen LogP contribution in [0, 0.1) is 0 Å². The molecular weight excluding hydrogens is 246 g/mol. The Bertz CT molecular complexity index is 529. The van der Waals surface area contributed by atoms with Gasteiger partial charge in [-0.3, -0.25) is 0 Å². The molecule has 1 fully saturated rings. The SMILES string of the molecule is Clc1ccccc1-c1ccc([C@@H]2CCCCN2)o1. The van der Waals surface area contributed by atoms with Gasteiger partial charge in [0.1, 0.15) is 11.5 Å². The molecule has 0 amide bonds. The van der Waals surface area contributed by atoms with Gasteiger partial charge >= 0.3 is 0 Å². The number of benzene rings is 1. The molecule has 3 rings (SSSR count). The van der Waals surface area contributed by atoms with E-state index in [4.69, 9.17) is 16.0 Å². The molecular formula is C15H16ClNO. The van der Waals surface area contributed by atoms with Crippen LogP contribution in [0.2, 0.25) is 5.02 Å². The van der Waals surface area contributed by atoms with Crippen molar-refractivity contribution in [3.63, 3.8) is 0 Å². The number of rotatable bonds is 2. The topological polar surface area (TPSA) is 25.2 Å². The molecule has 1 aliphatic heterocycles. The molecule has 1 saturated heterocycles. The summed E-state index contributed by atoms with van der Waals surface area (Å²) in [4.78, 5) is 0. The lowest BCUT2D eigenvalue weighted by atomic mass is 10.0. The fourth-order valence-corrected chi connectivity index (χ4v) is 2.67. The second-order valence-electron chi connectivity index (χ2n) is 4.68. The van der Waals surface area contributed by atoms with E-state index in [1.807, 2.05) is 30.3 Å². The lowest BCUT2D eigenvalue weighted by Gasteiger charge is -2.21. The van der Waals surface area contributed by atoms with Crippen LogP contribution in [0.4, 0.5) is 0 Å². The lowest BCUT2D eigenvalue weighted by Crippen LogP contribution is -2.26. The first-order chi connectivity index (χ1) is 8.84. The minimum atomic E-state index is 0.356. The summed E-state index contributed by atoms with van der Waals surface area (Å²) in [7, 11) is 0. The molecule has 3 heteroatoms. The first-order valence-electron chi connectivity index (χ1n) is 6.42. The van der Waals surface area contributed by atoms with Crippen LogP contribution in [0.5, 0.6) is 0 Å². The molecule has 1 aliphatic rings. The zero-order valence-corrected chi connectivity index (χ0v) is 10.9. The van der Waals surface area contributed by atoms with E-state index in [0.29, 0.717) is 6.04 Å². The highest BCUT2D eigenvalue weighted by atomic mass is 35.5. The van der Waals surface area contributed by atoms with Crippen molar-refractivity contribution >= 4 is 11.6 Å². The molecule has 2 nitrogen and oxygen atoms in total. The third-order valence-corrected chi connectivity index (χ3v) is 3.75. The minimum absolute atomic E-state index is 0.356. The van der Waals surface area contributed by atoms with Crippen molar-refractivity contribution < 1.29 is 4.42 Å². The average molecular weight is 262 g/mol. The van der Waals surface area contributed by atoms with Gasteiger partial charge in [-0.1, -0.05) is 30.2 Å². The highest BCUT2D eigenvalue weighted by Crippen LogP contribution is 2.32. The monoisotopic (exact) mass is 261 g/mol. The van der Waals surface area contributed by atoms with Gasteiger partial charge in [-0.25, -0.2) is 0 Å². The number of hydrogen-bond donors (Lipinski definition) is 1. The maximum Gasteiger partial charge on any atom is 0.135 e. The van der Waals surface area contributed by atoms with E-state index in [0.717, 1.165) is 35.1 Å². The normalized spacial score (nSPS) is 19.9. The molecule has 94 valence electrons. The summed E-state index contributed by atoms with van der Waals surface area (Å²) in [5.41, 5.74) is 0.959. The van der Waals surface area contributed by atoms with Crippen molar-refractivity contribution in [2.45, 2.75) is 25.3 Å². The molecule has 1 aromatic carbocycles. The molecule has 1 aromatic heterocycles. The minimum Gasteiger partial charge on any atom is -0.459 e. The Morgan fingerprint density at radius 2 is 2.00 bits per heavy atom. The van der Waals surface area contributed by atoms with Gasteiger partial charge in [0.2, 0.25) is 0 Å². The number of halogens is 1. The smallest absolute Gasteiger partial charge is 0.135 e. The van der Waals surface area contributed by atoms with E-state index in [1.165, 1.54) is 12.8 Å². The number of piperidine rings is 1. The Morgan fingerprint density at radius 3 is 2.78 bits per heavy atom. The van der Waals surface area contributed by atoms with Crippen LogP contribution in [-0.4, -0.2) is 6.54 Å². The van der Waals surface area contributed by atoms with Gasteiger partial charge in [0.05, 0.1) is 11.1 Å². The van der Waals surface area contributed by atoms with Crippen LogP contribution < -0.4 is 5.32 Å². The standard InChI is InChI=1S/C15H16ClNO/c16-12-6-2-1-5-11(12)14-8-9-15(18-14)13-7-3-4-10-17-13/h1-2,5-6,8-9,13,17H,3-4,7,10H2/t13-/m0/s1. The zero-order valence-electron chi connectivity index (χ0n) is 10.2. The molecule has 0 unspecified atom stereocenters. The van der Waals surface area contributed by atoms with Crippen molar-refractivity contribution in [1.82, 2.24) is 5.32 Å². The second kappa shape index (κ2) is 5.17. The highest BCUT2D eigenvalue weighted by molar-refractivity contribution is 6.33. The largest absolute Gasteiger partial charge is 0.459 e. The zero-order chi connectivity index (χ0) is 12.4. The first-order valence-corrected chi connectivity index (χ1v) is 6.80. The maximum absolute atomic E-state index is 6.18. The third-order valence-electron chi connectivity index (χ3n) is 3.42. The molecule has 0 radical (unpaired) electrons. The molecule has 2 heterocycles. The van der Waals surface area contributed by atoms with E-state index >= 15 is 0 Å². The molecule has 0 spiro atoms. The van der Waals surface area contributed by atoms with Crippen molar-refractivity contribution in [3.05, 3.63) is 47.2 Å². The number of furan rings is 1. The summed E-state index contributed by atoms with van der Waals surface area (Å²) in [6.45, 7) is 1.08. The predicted molar refractivity (Wildman–Crippen MR) is 73.7 cm³/mol. The van der Waals surface area contributed by atoms with Crippen LogP contribution >= 0.6 is 11.6 Å². The van der Waals surface area contributed by atoms with Gasteiger partial charge < -0.3 is 9.73 Å². The Labute approximate surface area is 112 Å². The fraction of sp³-hybridized carbons (Fsp3) is 0.333. The molecule has 0 bridgehead atoms. The van der Waals surface area contributed by atoms with E-state index in [1.54, 1.807) is 0 Å². The Morgan fingerprint density at radius 1 is 1.11 bits per heavy atom. The first kappa shape index (κ1) is 11.8. The van der Waals surface area contributed by atoms with Crippen molar-refractivity contribution in [3.8, 4) is 11.3 Å². The van der Waals surface area contributed by atoms with Gasteiger partial charge in [-0.05, 0) is 43.7 Å². The van der Waals surface area contributed by atoms with E-state index in [2.05, 4.69) is 11.4 Å². The van der Waals surface area contributed by atoms with Crippen LogP contribution in [0.15, 0.2) is 40.8 Å². The molecule has 18 heavy (non-hydrogen) atoms. The third kappa shape index (κ3) is 2.31. The summed E-state index contributed by atoms with van der Waals surface area (Å²) < 4.78 is 5.94. The van der Waals surface area contributed by atoms with E-state index in [-0.39, 0.29) is 0 Å². The Kier molecular flexibility index (Phi) is 3.39. The summed E-state index contributed by atoms with van der Waals surface area (Å²) in [5, 5.41) is 4.22. The van der Waals surface area contributed by atoms with Crippen LogP contribution in [0.1, 0.15) is 31.1 Å². The highest BCUT2D eigenvalue weighted by Gasteiger charge is 2.18. The number of hydrogen-bond acceptors (Lipinski definition) is 2. The maximum atomic E-state index is 6.18. The lowest BCUT2D eigenvalue weighted by molar-refractivity contribution is 0.353. The number of nitrogens with one attached hydrogen (secondary N) is 1. The van der Waals surface area contributed by atoms with Gasteiger partial charge in [0.25, 0.3) is 0 Å². The van der Waals surface area contributed by atoms with Crippen LogP contribution in [0.3, 0.4) is 0 Å². The molecule has 2 aromatic rings. The summed E-state index contributed by atoms with van der Waals surface area (Å²) in [5.74, 6) is 1.87. The molecule has 0 aliphatic carbocycles. The Balaban J connectivity index is 1.87. The van der Waals surface area contributed by atoms with Crippen LogP contribution in [0.25, 0.3) is 11.3 Å². The summed E-state index contributed by atoms with van der Waals surface area (Å²) >= 11 is 6.18. The van der Waals surface area contributed by atoms with E-state index < -0.39 is 0 Å². The van der Waals surface area contributed by atoms with Crippen molar-refractivity contribution in [2.24, 2.45) is 0 Å². The average Bonchev–Trinajstić information content (AvgIpc) is 2.90.